The lowest BCUT2D eigenvalue weighted by Crippen LogP contribution is -2.61. The molecule has 0 saturated carbocycles. The number of nitrogens with one attached hydrogen (secondary N) is 1. The minimum atomic E-state index is -1.26. The van der Waals surface area contributed by atoms with Gasteiger partial charge in [0.1, 0.15) is 23.8 Å². The fourth-order valence-corrected chi connectivity index (χ4v) is 9.73. The molecule has 4 N–H and O–H groups in total. The number of nitrogen functional groups attached to an aromatic ring is 1. The molecule has 0 spiro atoms. The van der Waals surface area contributed by atoms with Crippen molar-refractivity contribution in [3.8, 4) is 11.3 Å². The predicted molar refractivity (Wildman–Crippen MR) is 246 cm³/mol. The van der Waals surface area contributed by atoms with Crippen LogP contribution in [0.15, 0.2) is 43.1 Å². The molecule has 18 heteroatoms. The number of unbranched alkanes of at least 4 members (excludes halogenated alkanes) is 1. The number of esters is 1. The van der Waals surface area contributed by atoms with Gasteiger partial charge in [0.15, 0.2) is 17.7 Å². The van der Waals surface area contributed by atoms with Gasteiger partial charge in [-0.3, -0.25) is 19.2 Å². The maximum Gasteiger partial charge on any atom is 0.410 e. The number of rotatable bonds is 13. The van der Waals surface area contributed by atoms with E-state index in [1.807, 2.05) is 84.1 Å². The number of halogens is 1. The minimum absolute atomic E-state index is 0.0181. The number of aliphatic hydroxyl groups is 1. The molecule has 0 bridgehead atoms. The van der Waals surface area contributed by atoms with Gasteiger partial charge in [-0.1, -0.05) is 44.2 Å². The third-order valence-electron chi connectivity index (χ3n) is 13.1. The van der Waals surface area contributed by atoms with Crippen LogP contribution in [0, 0.1) is 17.8 Å². The van der Waals surface area contributed by atoms with Crippen molar-refractivity contribution < 1.29 is 47.1 Å². The van der Waals surface area contributed by atoms with E-state index >= 15 is 0 Å². The number of ketones is 1. The Balaban J connectivity index is 0.00000291. The van der Waals surface area contributed by atoms with Crippen molar-refractivity contribution in [1.29, 1.82) is 0 Å². The molecule has 3 fully saturated rings. The minimum Gasteiger partial charge on any atom is -0.457 e. The number of methoxy groups -OCH3 is 1. The highest BCUT2D eigenvalue weighted by Gasteiger charge is 2.59. The Bertz CT molecular complexity index is 1840. The summed E-state index contributed by atoms with van der Waals surface area (Å²) in [4.78, 5) is 46.7. The number of cyclic esters (lactones) is 1. The van der Waals surface area contributed by atoms with E-state index in [2.05, 4.69) is 29.1 Å². The Morgan fingerprint density at radius 3 is 2.47 bits per heavy atom. The number of carbonyl (C=O) groups is 3. The third-order valence-corrected chi connectivity index (χ3v) is 13.1. The first-order valence-corrected chi connectivity index (χ1v) is 23.6. The lowest BCUT2D eigenvalue weighted by molar-refractivity contribution is -0.295. The van der Waals surface area contributed by atoms with Crippen LogP contribution in [0.1, 0.15) is 87.0 Å². The van der Waals surface area contributed by atoms with Crippen molar-refractivity contribution in [2.45, 2.75) is 154 Å². The first kappa shape index (κ1) is 53.0. The van der Waals surface area contributed by atoms with Gasteiger partial charge in [-0.15, -0.1) is 11.7 Å². The zero-order valence-electron chi connectivity index (χ0n) is 39.7. The number of fused-ring (bicyclic) bond motifs is 1. The van der Waals surface area contributed by atoms with Gasteiger partial charge in [0.2, 0.25) is 0 Å². The lowest BCUT2D eigenvalue weighted by atomic mass is 9.77. The van der Waals surface area contributed by atoms with Crippen molar-refractivity contribution in [3.05, 3.63) is 43.1 Å². The van der Waals surface area contributed by atoms with Crippen LogP contribution >= 0.6 is 12.1 Å². The van der Waals surface area contributed by atoms with E-state index in [4.69, 9.17) is 29.4 Å². The summed E-state index contributed by atoms with van der Waals surface area (Å²) in [5, 5.41) is 23.8. The van der Waals surface area contributed by atoms with Crippen LogP contribution in [0.2, 0.25) is 0 Å². The molecule has 0 aliphatic carbocycles. The van der Waals surface area contributed by atoms with Crippen molar-refractivity contribution in [2.24, 2.45) is 17.8 Å². The zero-order chi connectivity index (χ0) is 47.5. The van der Waals surface area contributed by atoms with E-state index in [1.54, 1.807) is 23.6 Å². The maximum absolute atomic E-state index is 14.7. The second kappa shape index (κ2) is 23.7. The molecule has 16 nitrogen and oxygen atoms in total. The molecule has 3 aliphatic rings. The summed E-state index contributed by atoms with van der Waals surface area (Å²) in [6.45, 7) is 18.7. The van der Waals surface area contributed by atoms with Gasteiger partial charge in [-0.05, 0) is 105 Å². The molecular weight excluding hydrogens is 846 g/mol. The Hall–Kier alpha value is -3.65. The highest BCUT2D eigenvalue weighted by Crippen LogP contribution is 2.40. The Labute approximate surface area is 383 Å². The molecule has 13 atom stereocenters. The third kappa shape index (κ3) is 12.6. The topological polar surface area (TPSA) is 193 Å². The Morgan fingerprint density at radius 2 is 1.84 bits per heavy atom. The van der Waals surface area contributed by atoms with Gasteiger partial charge < -0.3 is 44.7 Å². The average Bonchev–Trinajstić information content (AvgIpc) is 3.83. The van der Waals surface area contributed by atoms with E-state index < -0.39 is 71.5 Å². The number of likely N-dealkylation sites (N-methyl/N-ethyl adjacent to an activating group) is 1. The summed E-state index contributed by atoms with van der Waals surface area (Å²) < 4.78 is 43.8. The summed E-state index contributed by atoms with van der Waals surface area (Å²) in [5.41, 5.74) is 5.89. The molecule has 3 saturated heterocycles. The normalized spacial score (nSPS) is 34.2. The smallest absolute Gasteiger partial charge is 0.410 e. The van der Waals surface area contributed by atoms with Crippen LogP contribution in [0.4, 0.5) is 14.4 Å². The second-order valence-electron chi connectivity index (χ2n) is 18.3. The van der Waals surface area contributed by atoms with Gasteiger partial charge in [-0.2, -0.15) is 3.89 Å². The molecule has 4 heterocycles. The van der Waals surface area contributed by atoms with Crippen LogP contribution in [0.3, 0.4) is 0 Å². The molecule has 2 unspecified atom stereocenters. The number of nitrogens with zero attached hydrogens (tertiary/aromatic N) is 5. The Morgan fingerprint density at radius 1 is 1.16 bits per heavy atom. The van der Waals surface area contributed by atoms with Crippen LogP contribution < -0.4 is 11.1 Å². The standard InChI is InChI=1S/C45H71N7O9.CH3FS/c1-12-17-33-37(53)29(5)40(60-42-38(54)35(50(9)10)22-28(4)58-42)44(7,57-11)24-27(3)25-47-30(6)39-45(8,36(13-2)59-41(33)55)61-43(56)52(39)21-15-14-20-51-26-34(48-49-51)31-18-16-19-32(46)23-31;1-3-2/h12,16,18-19,23,26-30,33,35-36,38-40,42,47,54H,1,13-15,17,20-22,24-25,46H2,2-11H3;1H3/t27-,28-,29+,30-,33-,35?,36-,38?,39-,40-,42+,44-,45-;/m1./s1. The number of benzene rings is 1. The van der Waals surface area contributed by atoms with Gasteiger partial charge in [-0.25, -0.2) is 4.79 Å². The van der Waals surface area contributed by atoms with E-state index in [9.17, 15) is 23.4 Å². The zero-order valence-corrected chi connectivity index (χ0v) is 40.5. The quantitative estimate of drug-likeness (QED) is 0.0689. The van der Waals surface area contributed by atoms with E-state index in [1.165, 1.54) is 12.3 Å². The van der Waals surface area contributed by atoms with Crippen LogP contribution in [0.25, 0.3) is 11.3 Å². The first-order chi connectivity index (χ1) is 30.3. The molecule has 5 rings (SSSR count). The summed E-state index contributed by atoms with van der Waals surface area (Å²) >= 11 is 0.250. The summed E-state index contributed by atoms with van der Waals surface area (Å²) in [5.74, 6) is -3.31. The average molecular weight is 920 g/mol. The van der Waals surface area contributed by atoms with E-state index in [0.717, 1.165) is 11.3 Å². The largest absolute Gasteiger partial charge is 0.457 e. The fourth-order valence-electron chi connectivity index (χ4n) is 9.73. The first-order valence-electron chi connectivity index (χ1n) is 22.5. The number of allylic oxidation sites excluding steroid dienone is 1. The monoisotopic (exact) mass is 920 g/mol. The number of aromatic nitrogens is 3. The lowest BCUT2D eigenvalue weighted by Gasteiger charge is -2.46. The SMILES string of the molecule is C=CC[C@H]1C(=O)O[C@H](CC)[C@@]2(C)OC(=O)N(CCCCn3cc(-c4cccc(N)c4)nn3)[C@@H]2[C@@H](C)NC[C@H](C)C[C@@](C)(OC)[C@H](O[C@@H]2O[C@H](C)CC(N(C)C)C2O)[C@@H](C)C1=O.CSF. The molecule has 0 radical (unpaired) electrons. The van der Waals surface area contributed by atoms with Crippen molar-refractivity contribution in [2.75, 3.05) is 46.3 Å². The number of anilines is 1. The fraction of sp³-hybridized carbons (Fsp3) is 0.717. The highest BCUT2D eigenvalue weighted by molar-refractivity contribution is 7.93. The van der Waals surface area contributed by atoms with Gasteiger partial charge >= 0.3 is 12.1 Å². The number of aryl methyl sites for hydroxylation is 1. The maximum atomic E-state index is 14.7. The number of amides is 1. The molecule has 64 heavy (non-hydrogen) atoms. The van der Waals surface area contributed by atoms with Crippen LogP contribution in [0.5, 0.6) is 0 Å². The number of hydrogen-bond acceptors (Lipinski definition) is 15. The number of carbonyl (C=O) groups excluding carboxylic acids is 3. The van der Waals surface area contributed by atoms with E-state index in [0.29, 0.717) is 57.4 Å². The predicted octanol–water partition coefficient (Wildman–Crippen LogP) is 6.07. The van der Waals surface area contributed by atoms with Crippen LogP contribution in [-0.4, -0.2) is 148 Å². The summed E-state index contributed by atoms with van der Waals surface area (Å²) in [6, 6.07) is 6.40. The molecule has 3 aliphatic heterocycles. The van der Waals surface area contributed by atoms with Crippen molar-refractivity contribution >= 4 is 35.7 Å². The Kier molecular flexibility index (Phi) is 19.6. The molecule has 1 aromatic heterocycles. The van der Waals surface area contributed by atoms with Gasteiger partial charge in [0, 0.05) is 67.9 Å². The number of Topliss-reactive ketones (excluding diaryl/α,β-unsaturated/α-hetero) is 1. The van der Waals surface area contributed by atoms with E-state index in [-0.39, 0.29) is 42.7 Å². The molecule has 1 amide bonds. The summed E-state index contributed by atoms with van der Waals surface area (Å²) in [7, 11) is 5.39. The second-order valence-corrected chi connectivity index (χ2v) is 18.6. The number of hydrogen-bond donors (Lipinski definition) is 3. The molecule has 360 valence electrons. The molecule has 1 aromatic carbocycles. The van der Waals surface area contributed by atoms with Crippen LogP contribution in [-0.2, 0) is 39.8 Å². The van der Waals surface area contributed by atoms with Gasteiger partial charge in [0.05, 0.1) is 30.0 Å². The number of nitrogens with two attached hydrogens (primary N) is 1. The van der Waals surface area contributed by atoms with Crippen molar-refractivity contribution in [1.82, 2.24) is 30.1 Å². The van der Waals surface area contributed by atoms with Crippen molar-refractivity contribution in [3.63, 3.8) is 0 Å². The summed E-state index contributed by atoms with van der Waals surface area (Å²) in [6.07, 6.45) is 2.93. The molecule has 2 aromatic rings. The number of ether oxygens (including phenoxy) is 5. The highest BCUT2D eigenvalue weighted by atomic mass is 32.2. The number of aliphatic hydroxyl groups excluding tert-OH is 1. The molecular formula is C46H74FN7O9S. The van der Waals surface area contributed by atoms with Gasteiger partial charge in [0.25, 0.3) is 0 Å².